The Balaban J connectivity index is 2.53. The van der Waals surface area contributed by atoms with Crippen LogP contribution in [-0.4, -0.2) is 38.0 Å². The lowest BCUT2D eigenvalue weighted by atomic mass is 9.88. The zero-order valence-corrected chi connectivity index (χ0v) is 11.8. The lowest BCUT2D eigenvalue weighted by molar-refractivity contribution is -0.127. The fourth-order valence-corrected chi connectivity index (χ4v) is 1.93. The highest BCUT2D eigenvalue weighted by atomic mass is 16.2. The molecule has 0 heterocycles. The monoisotopic (exact) mass is 248 g/mol. The van der Waals surface area contributed by atoms with Gasteiger partial charge in [0.25, 0.3) is 0 Å². The molecule has 1 N–H and O–H groups in total. The number of hydrogen-bond donors (Lipinski definition) is 1. The Hall–Kier alpha value is -1.35. The number of nitrogens with one attached hydrogen (secondary N) is 1. The van der Waals surface area contributed by atoms with Gasteiger partial charge in [0.1, 0.15) is 0 Å². The van der Waals surface area contributed by atoms with Gasteiger partial charge in [-0.1, -0.05) is 44.2 Å². The molecule has 1 aromatic carbocycles. The van der Waals surface area contributed by atoms with Crippen molar-refractivity contribution >= 4 is 5.91 Å². The molecule has 1 rings (SSSR count). The van der Waals surface area contributed by atoms with E-state index in [1.54, 1.807) is 19.0 Å². The Morgan fingerprint density at radius 3 is 2.33 bits per heavy atom. The molecule has 3 nitrogen and oxygen atoms in total. The van der Waals surface area contributed by atoms with Crippen LogP contribution in [0.4, 0.5) is 0 Å². The van der Waals surface area contributed by atoms with Crippen LogP contribution in [0.3, 0.4) is 0 Å². The molecule has 1 amide bonds. The second kappa shape index (κ2) is 7.17. The van der Waals surface area contributed by atoms with Crippen LogP contribution in [-0.2, 0) is 4.79 Å². The van der Waals surface area contributed by atoms with Gasteiger partial charge in [0.2, 0.25) is 5.91 Å². The maximum atomic E-state index is 11.5. The maximum absolute atomic E-state index is 11.5. The summed E-state index contributed by atoms with van der Waals surface area (Å²) in [6.07, 6.45) is 0. The highest BCUT2D eigenvalue weighted by Crippen LogP contribution is 2.23. The molecule has 1 atom stereocenters. The number of benzene rings is 1. The van der Waals surface area contributed by atoms with Crippen molar-refractivity contribution in [3.8, 4) is 0 Å². The summed E-state index contributed by atoms with van der Waals surface area (Å²) < 4.78 is 0. The molecule has 0 spiro atoms. The minimum absolute atomic E-state index is 0.116. The quantitative estimate of drug-likeness (QED) is 0.836. The summed E-state index contributed by atoms with van der Waals surface area (Å²) >= 11 is 0. The van der Waals surface area contributed by atoms with Crippen LogP contribution in [0, 0.1) is 5.92 Å². The number of carbonyl (C=O) groups is 1. The van der Waals surface area contributed by atoms with Crippen molar-refractivity contribution in [1.82, 2.24) is 10.2 Å². The number of nitrogens with zero attached hydrogens (tertiary/aromatic N) is 1. The first kappa shape index (κ1) is 14.7. The molecular formula is C15H24N2O. The van der Waals surface area contributed by atoms with E-state index in [1.165, 1.54) is 5.56 Å². The van der Waals surface area contributed by atoms with Gasteiger partial charge in [-0.2, -0.15) is 0 Å². The molecule has 1 aromatic rings. The first-order valence-electron chi connectivity index (χ1n) is 6.48. The third-order valence-electron chi connectivity index (χ3n) is 3.17. The number of rotatable bonds is 6. The van der Waals surface area contributed by atoms with Crippen LogP contribution >= 0.6 is 0 Å². The summed E-state index contributed by atoms with van der Waals surface area (Å²) in [7, 11) is 3.56. The summed E-state index contributed by atoms with van der Waals surface area (Å²) in [6.45, 7) is 5.67. The molecular weight excluding hydrogens is 224 g/mol. The van der Waals surface area contributed by atoms with Gasteiger partial charge in [-0.3, -0.25) is 4.79 Å². The molecule has 3 heteroatoms. The molecule has 0 bridgehead atoms. The summed E-state index contributed by atoms with van der Waals surface area (Å²) in [5.74, 6) is 1.11. The van der Waals surface area contributed by atoms with Crippen LogP contribution in [0.5, 0.6) is 0 Å². The van der Waals surface area contributed by atoms with E-state index < -0.39 is 0 Å². The van der Waals surface area contributed by atoms with E-state index in [-0.39, 0.29) is 5.91 Å². The highest BCUT2D eigenvalue weighted by Gasteiger charge is 2.15. The molecule has 100 valence electrons. The first-order valence-corrected chi connectivity index (χ1v) is 6.48. The Morgan fingerprint density at radius 2 is 1.83 bits per heavy atom. The summed E-state index contributed by atoms with van der Waals surface area (Å²) in [5, 5.41) is 3.26. The van der Waals surface area contributed by atoms with Gasteiger partial charge >= 0.3 is 0 Å². The summed E-state index contributed by atoms with van der Waals surface area (Å²) in [6, 6.07) is 10.5. The number of hydrogen-bond acceptors (Lipinski definition) is 2. The van der Waals surface area contributed by atoms with Gasteiger partial charge < -0.3 is 10.2 Å². The van der Waals surface area contributed by atoms with Crippen LogP contribution in [0.15, 0.2) is 30.3 Å². The minimum Gasteiger partial charge on any atom is -0.348 e. The minimum atomic E-state index is 0.116. The summed E-state index contributed by atoms with van der Waals surface area (Å²) in [4.78, 5) is 13.1. The van der Waals surface area contributed by atoms with E-state index in [9.17, 15) is 4.79 Å². The van der Waals surface area contributed by atoms with Crippen LogP contribution in [0.1, 0.15) is 25.3 Å². The molecule has 1 unspecified atom stereocenters. The molecule has 0 aliphatic rings. The number of carbonyl (C=O) groups excluding carboxylic acids is 1. The third-order valence-corrected chi connectivity index (χ3v) is 3.17. The Kier molecular flexibility index (Phi) is 5.86. The molecule has 18 heavy (non-hydrogen) atoms. The molecule has 0 aliphatic carbocycles. The van der Waals surface area contributed by atoms with Crippen molar-refractivity contribution in [3.63, 3.8) is 0 Å². The molecule has 0 saturated heterocycles. The van der Waals surface area contributed by atoms with E-state index in [2.05, 4.69) is 43.4 Å². The molecule has 0 aliphatic heterocycles. The van der Waals surface area contributed by atoms with Crippen molar-refractivity contribution in [1.29, 1.82) is 0 Å². The maximum Gasteiger partial charge on any atom is 0.236 e. The standard InChI is InChI=1S/C15H24N2O/c1-12(2)14(13-8-6-5-7-9-13)10-16-11-15(18)17(3)4/h5-9,12,14,16H,10-11H2,1-4H3. The molecule has 0 fully saturated rings. The van der Waals surface area contributed by atoms with Crippen molar-refractivity contribution in [2.75, 3.05) is 27.2 Å². The zero-order chi connectivity index (χ0) is 13.5. The average Bonchev–Trinajstić information content (AvgIpc) is 2.34. The second-order valence-corrected chi connectivity index (χ2v) is 5.18. The topological polar surface area (TPSA) is 32.3 Å². The van der Waals surface area contributed by atoms with E-state index >= 15 is 0 Å². The third kappa shape index (κ3) is 4.49. The second-order valence-electron chi connectivity index (χ2n) is 5.18. The Bertz CT molecular complexity index is 360. The number of likely N-dealkylation sites (N-methyl/N-ethyl adjacent to an activating group) is 1. The van der Waals surface area contributed by atoms with Gasteiger partial charge in [-0.15, -0.1) is 0 Å². The van der Waals surface area contributed by atoms with Crippen molar-refractivity contribution < 1.29 is 4.79 Å². The average molecular weight is 248 g/mol. The lowest BCUT2D eigenvalue weighted by Gasteiger charge is -2.22. The van der Waals surface area contributed by atoms with E-state index in [1.807, 2.05) is 6.07 Å². The Labute approximate surface area is 110 Å². The van der Waals surface area contributed by atoms with Crippen LogP contribution < -0.4 is 5.32 Å². The highest BCUT2D eigenvalue weighted by molar-refractivity contribution is 5.77. The molecule has 0 aromatic heterocycles. The van der Waals surface area contributed by atoms with E-state index in [0.717, 1.165) is 6.54 Å². The predicted octanol–water partition coefficient (Wildman–Crippen LogP) is 2.10. The van der Waals surface area contributed by atoms with E-state index in [0.29, 0.717) is 18.4 Å². The smallest absolute Gasteiger partial charge is 0.236 e. The van der Waals surface area contributed by atoms with Gasteiger partial charge in [-0.05, 0) is 17.4 Å². The van der Waals surface area contributed by atoms with Crippen LogP contribution in [0.25, 0.3) is 0 Å². The largest absolute Gasteiger partial charge is 0.348 e. The SMILES string of the molecule is CC(C)C(CNCC(=O)N(C)C)c1ccccc1. The Morgan fingerprint density at radius 1 is 1.22 bits per heavy atom. The zero-order valence-electron chi connectivity index (χ0n) is 11.8. The fourth-order valence-electron chi connectivity index (χ4n) is 1.93. The summed E-state index contributed by atoms with van der Waals surface area (Å²) in [5.41, 5.74) is 1.33. The normalized spacial score (nSPS) is 12.5. The van der Waals surface area contributed by atoms with Gasteiger partial charge in [0, 0.05) is 20.6 Å². The lowest BCUT2D eigenvalue weighted by Crippen LogP contribution is -2.35. The van der Waals surface area contributed by atoms with Gasteiger partial charge in [0.15, 0.2) is 0 Å². The van der Waals surface area contributed by atoms with Gasteiger partial charge in [-0.25, -0.2) is 0 Å². The fraction of sp³-hybridized carbons (Fsp3) is 0.533. The van der Waals surface area contributed by atoms with Crippen molar-refractivity contribution in [3.05, 3.63) is 35.9 Å². The van der Waals surface area contributed by atoms with Crippen molar-refractivity contribution in [2.24, 2.45) is 5.92 Å². The first-order chi connectivity index (χ1) is 8.52. The van der Waals surface area contributed by atoms with Gasteiger partial charge in [0.05, 0.1) is 6.54 Å². The van der Waals surface area contributed by atoms with E-state index in [4.69, 9.17) is 0 Å². The van der Waals surface area contributed by atoms with Crippen LogP contribution in [0.2, 0.25) is 0 Å². The van der Waals surface area contributed by atoms with Crippen molar-refractivity contribution in [2.45, 2.75) is 19.8 Å². The number of amides is 1. The predicted molar refractivity (Wildman–Crippen MR) is 75.6 cm³/mol. The molecule has 0 radical (unpaired) electrons. The molecule has 0 saturated carbocycles.